The number of anilines is 2. The van der Waals surface area contributed by atoms with Gasteiger partial charge in [-0.05, 0) is 35.4 Å². The molecule has 190 valence electrons. The van der Waals surface area contributed by atoms with Crippen LogP contribution in [0, 0.1) is 0 Å². The van der Waals surface area contributed by atoms with E-state index in [0.29, 0.717) is 22.5 Å². The Labute approximate surface area is 218 Å². The second-order valence-corrected chi connectivity index (χ2v) is 7.93. The van der Waals surface area contributed by atoms with Crippen LogP contribution in [0.3, 0.4) is 0 Å². The van der Waals surface area contributed by atoms with Gasteiger partial charge in [0.1, 0.15) is 0 Å². The van der Waals surface area contributed by atoms with Crippen LogP contribution in [-0.4, -0.2) is 43.9 Å². The molecule has 6 N–H and O–H groups in total. The lowest BCUT2D eigenvalue weighted by atomic mass is 10.0. The first-order chi connectivity index (χ1) is 18.7. The summed E-state index contributed by atoms with van der Waals surface area (Å²) in [5.74, 6) is -0.0194. The van der Waals surface area contributed by atoms with Crippen molar-refractivity contribution in [3.63, 3.8) is 0 Å². The predicted molar refractivity (Wildman–Crippen MR) is 147 cm³/mol. The number of hydrogen-bond acceptors (Lipinski definition) is 8. The SMILES string of the molecule is O/N=C(\C(=N/O)Nc1ccc(-c2ccc(NC(=N/O)/C(=N\O)c3ccccc3)cc2)cc1)c1ccccc1. The average Bonchev–Trinajstić information content (AvgIpc) is 2.98. The standard InChI is InChI=1S/C28H24N6O4/c35-31-25(21-7-3-1-4-8-21)27(33-37)29-23-15-11-19(12-16-23)20-13-17-24(18-14-20)30-28(34-38)26(32-36)22-9-5-2-6-10-22/h1-18,35-38H,(H,29,33)(H,30,34)/b31-25-,32-26-. The summed E-state index contributed by atoms with van der Waals surface area (Å²) in [5.41, 5.74) is 4.42. The molecule has 0 atom stereocenters. The van der Waals surface area contributed by atoms with Gasteiger partial charge >= 0.3 is 0 Å². The summed E-state index contributed by atoms with van der Waals surface area (Å²) in [6, 6.07) is 32.4. The Hall–Kier alpha value is -5.64. The number of benzene rings is 4. The van der Waals surface area contributed by atoms with Crippen molar-refractivity contribution in [3.05, 3.63) is 120 Å². The topological polar surface area (TPSA) is 154 Å². The third-order valence-corrected chi connectivity index (χ3v) is 5.57. The minimum absolute atomic E-state index is 0.00970. The fraction of sp³-hybridized carbons (Fsp3) is 0. The van der Waals surface area contributed by atoms with E-state index >= 15 is 0 Å². The number of oxime groups is 4. The maximum atomic E-state index is 9.49. The van der Waals surface area contributed by atoms with Crippen molar-refractivity contribution in [3.8, 4) is 11.1 Å². The van der Waals surface area contributed by atoms with Gasteiger partial charge in [-0.15, -0.1) is 0 Å². The molecule has 4 aromatic rings. The molecule has 0 saturated heterocycles. The molecular weight excluding hydrogens is 484 g/mol. The molecule has 0 bridgehead atoms. The molecular formula is C28H24N6O4. The Morgan fingerprint density at radius 1 is 0.421 bits per heavy atom. The Morgan fingerprint density at radius 2 is 0.763 bits per heavy atom. The summed E-state index contributed by atoms with van der Waals surface area (Å²) in [4.78, 5) is 0. The Balaban J connectivity index is 1.45. The number of amidine groups is 2. The minimum Gasteiger partial charge on any atom is -0.410 e. The Bertz CT molecular complexity index is 1350. The monoisotopic (exact) mass is 508 g/mol. The molecule has 10 heteroatoms. The normalized spacial score (nSPS) is 12.7. The van der Waals surface area contributed by atoms with Crippen LogP contribution in [-0.2, 0) is 0 Å². The molecule has 0 unspecified atom stereocenters. The highest BCUT2D eigenvalue weighted by Crippen LogP contribution is 2.24. The molecule has 4 rings (SSSR count). The van der Waals surface area contributed by atoms with Crippen molar-refractivity contribution < 1.29 is 20.8 Å². The lowest BCUT2D eigenvalue weighted by Gasteiger charge is -2.12. The number of nitrogens with one attached hydrogen (secondary N) is 2. The molecule has 0 heterocycles. The van der Waals surface area contributed by atoms with E-state index in [1.54, 1.807) is 72.8 Å². The first-order valence-electron chi connectivity index (χ1n) is 11.4. The fourth-order valence-corrected chi connectivity index (χ4v) is 3.70. The highest BCUT2D eigenvalue weighted by atomic mass is 16.4. The third kappa shape index (κ3) is 5.94. The van der Waals surface area contributed by atoms with Crippen LogP contribution in [0.15, 0.2) is 130 Å². The quantitative estimate of drug-likeness (QED) is 0.0837. The summed E-state index contributed by atoms with van der Waals surface area (Å²) in [6.45, 7) is 0. The number of hydrogen-bond donors (Lipinski definition) is 6. The lowest BCUT2D eigenvalue weighted by Crippen LogP contribution is -2.24. The highest BCUT2D eigenvalue weighted by Gasteiger charge is 2.15. The van der Waals surface area contributed by atoms with Gasteiger partial charge in [0.15, 0.2) is 23.1 Å². The van der Waals surface area contributed by atoms with E-state index < -0.39 is 0 Å². The van der Waals surface area contributed by atoms with Crippen LogP contribution in [0.5, 0.6) is 0 Å². The molecule has 0 aliphatic carbocycles. The van der Waals surface area contributed by atoms with Crippen molar-refractivity contribution in [2.45, 2.75) is 0 Å². The van der Waals surface area contributed by atoms with E-state index in [1.165, 1.54) is 0 Å². The zero-order valence-electron chi connectivity index (χ0n) is 20.0. The molecule has 0 aromatic heterocycles. The Kier molecular flexibility index (Phi) is 8.28. The highest BCUT2D eigenvalue weighted by molar-refractivity contribution is 6.51. The van der Waals surface area contributed by atoms with Gasteiger partial charge in [-0.2, -0.15) is 0 Å². The van der Waals surface area contributed by atoms with Gasteiger partial charge < -0.3 is 31.5 Å². The number of nitrogens with zero attached hydrogens (tertiary/aromatic N) is 4. The molecule has 0 amide bonds. The van der Waals surface area contributed by atoms with Crippen molar-refractivity contribution in [2.24, 2.45) is 20.6 Å². The van der Waals surface area contributed by atoms with Crippen molar-refractivity contribution in [2.75, 3.05) is 10.6 Å². The van der Waals surface area contributed by atoms with E-state index in [1.807, 2.05) is 36.4 Å². The van der Waals surface area contributed by atoms with Gasteiger partial charge in [0.2, 0.25) is 0 Å². The molecule has 4 aromatic carbocycles. The molecule has 38 heavy (non-hydrogen) atoms. The van der Waals surface area contributed by atoms with Crippen LogP contribution in [0.1, 0.15) is 11.1 Å². The van der Waals surface area contributed by atoms with Gasteiger partial charge in [0, 0.05) is 22.5 Å². The molecule has 0 saturated carbocycles. The van der Waals surface area contributed by atoms with Crippen LogP contribution in [0.25, 0.3) is 11.1 Å². The molecule has 10 nitrogen and oxygen atoms in total. The number of rotatable bonds is 7. The van der Waals surface area contributed by atoms with E-state index in [-0.39, 0.29) is 23.1 Å². The van der Waals surface area contributed by atoms with Crippen LogP contribution in [0.4, 0.5) is 11.4 Å². The van der Waals surface area contributed by atoms with Crippen molar-refractivity contribution >= 4 is 34.5 Å². The van der Waals surface area contributed by atoms with Gasteiger partial charge in [-0.3, -0.25) is 0 Å². The molecule has 0 aliphatic heterocycles. The van der Waals surface area contributed by atoms with Crippen LogP contribution in [0.2, 0.25) is 0 Å². The van der Waals surface area contributed by atoms with E-state index in [9.17, 15) is 20.8 Å². The zero-order valence-corrected chi connectivity index (χ0v) is 20.0. The van der Waals surface area contributed by atoms with E-state index in [2.05, 4.69) is 31.3 Å². The lowest BCUT2D eigenvalue weighted by molar-refractivity contribution is 0.314. The second kappa shape index (κ2) is 12.4. The molecule has 0 spiro atoms. The predicted octanol–water partition coefficient (Wildman–Crippen LogP) is 5.51. The van der Waals surface area contributed by atoms with Crippen molar-refractivity contribution in [1.82, 2.24) is 0 Å². The Morgan fingerprint density at radius 3 is 1.05 bits per heavy atom. The van der Waals surface area contributed by atoms with Gasteiger partial charge in [-0.25, -0.2) is 0 Å². The second-order valence-electron chi connectivity index (χ2n) is 7.93. The van der Waals surface area contributed by atoms with Crippen LogP contribution < -0.4 is 10.6 Å². The maximum absolute atomic E-state index is 9.49. The van der Waals surface area contributed by atoms with Gasteiger partial charge in [0.05, 0.1) is 0 Å². The van der Waals surface area contributed by atoms with Crippen molar-refractivity contribution in [1.29, 1.82) is 0 Å². The molecule has 0 fully saturated rings. The third-order valence-electron chi connectivity index (χ3n) is 5.57. The minimum atomic E-state index is -0.00970. The first-order valence-corrected chi connectivity index (χ1v) is 11.4. The zero-order chi connectivity index (χ0) is 26.7. The first kappa shape index (κ1) is 25.5. The summed E-state index contributed by atoms with van der Waals surface area (Å²) >= 11 is 0. The van der Waals surface area contributed by atoms with E-state index in [4.69, 9.17) is 0 Å². The van der Waals surface area contributed by atoms with E-state index in [0.717, 1.165) is 11.1 Å². The van der Waals surface area contributed by atoms with Crippen LogP contribution >= 0.6 is 0 Å². The fourth-order valence-electron chi connectivity index (χ4n) is 3.70. The maximum Gasteiger partial charge on any atom is 0.199 e. The summed E-state index contributed by atoms with van der Waals surface area (Å²) < 4.78 is 0. The summed E-state index contributed by atoms with van der Waals surface area (Å²) in [5, 5.41) is 56.8. The smallest absolute Gasteiger partial charge is 0.199 e. The average molecular weight is 509 g/mol. The van der Waals surface area contributed by atoms with Gasteiger partial charge in [-0.1, -0.05) is 106 Å². The molecule has 0 aliphatic rings. The van der Waals surface area contributed by atoms with Gasteiger partial charge in [0.25, 0.3) is 0 Å². The largest absolute Gasteiger partial charge is 0.410 e. The summed E-state index contributed by atoms with van der Waals surface area (Å²) in [6.07, 6.45) is 0. The molecule has 0 radical (unpaired) electrons. The summed E-state index contributed by atoms with van der Waals surface area (Å²) in [7, 11) is 0.